The van der Waals surface area contributed by atoms with Crippen LogP contribution in [0.5, 0.6) is 5.75 Å². The molecule has 0 spiro atoms. The molecule has 1 aromatic rings. The number of ether oxygens (including phenoxy) is 1. The Kier molecular flexibility index (Phi) is 5.94. The summed E-state index contributed by atoms with van der Waals surface area (Å²) in [6.45, 7) is 2.47. The molecule has 0 aliphatic carbocycles. The van der Waals surface area contributed by atoms with Crippen LogP contribution in [0.15, 0.2) is 18.2 Å². The van der Waals surface area contributed by atoms with Crippen molar-refractivity contribution in [3.05, 3.63) is 29.6 Å². The summed E-state index contributed by atoms with van der Waals surface area (Å²) in [5, 5.41) is 8.60. The van der Waals surface area contributed by atoms with Gasteiger partial charge in [0.25, 0.3) is 0 Å². The van der Waals surface area contributed by atoms with Gasteiger partial charge in [0.2, 0.25) is 0 Å². The third-order valence-corrected chi connectivity index (χ3v) is 2.54. The Bertz CT molecular complexity index is 342. The van der Waals surface area contributed by atoms with E-state index in [0.29, 0.717) is 6.61 Å². The lowest BCUT2D eigenvalue weighted by Gasteiger charge is -2.10. The third-order valence-electron chi connectivity index (χ3n) is 2.54. The maximum Gasteiger partial charge on any atom is 0.165 e. The van der Waals surface area contributed by atoms with Gasteiger partial charge >= 0.3 is 0 Å². The molecule has 0 heterocycles. The summed E-state index contributed by atoms with van der Waals surface area (Å²) < 4.78 is 18.9. The van der Waals surface area contributed by atoms with Crippen molar-refractivity contribution in [1.82, 2.24) is 0 Å². The first-order chi connectivity index (χ1) is 8.15. The molecule has 3 N–H and O–H groups in total. The maximum absolute atomic E-state index is 13.6. The highest BCUT2D eigenvalue weighted by molar-refractivity contribution is 5.30. The van der Waals surface area contributed by atoms with Crippen LogP contribution in [0.25, 0.3) is 0 Å². The lowest BCUT2D eigenvalue weighted by Crippen LogP contribution is -2.06. The van der Waals surface area contributed by atoms with Crippen LogP contribution in [-0.4, -0.2) is 18.3 Å². The molecule has 96 valence electrons. The van der Waals surface area contributed by atoms with Gasteiger partial charge in [-0.2, -0.15) is 0 Å². The van der Waals surface area contributed by atoms with E-state index in [2.05, 4.69) is 0 Å². The van der Waals surface area contributed by atoms with Crippen LogP contribution >= 0.6 is 0 Å². The van der Waals surface area contributed by atoms with E-state index in [0.717, 1.165) is 24.8 Å². The first-order valence-electron chi connectivity index (χ1n) is 5.94. The van der Waals surface area contributed by atoms with Crippen LogP contribution in [0.3, 0.4) is 0 Å². The van der Waals surface area contributed by atoms with Crippen LogP contribution in [0.2, 0.25) is 0 Å². The van der Waals surface area contributed by atoms with Crippen molar-refractivity contribution in [2.24, 2.45) is 5.73 Å². The van der Waals surface area contributed by atoms with Gasteiger partial charge in [-0.1, -0.05) is 6.07 Å². The van der Waals surface area contributed by atoms with Crippen molar-refractivity contribution in [2.45, 2.75) is 32.2 Å². The third kappa shape index (κ3) is 4.71. The van der Waals surface area contributed by atoms with Gasteiger partial charge in [-0.05, 0) is 43.9 Å². The first kappa shape index (κ1) is 13.9. The summed E-state index contributed by atoms with van der Waals surface area (Å²) in [6, 6.07) is 4.62. The van der Waals surface area contributed by atoms with Crippen molar-refractivity contribution < 1.29 is 14.2 Å². The van der Waals surface area contributed by atoms with Crippen LogP contribution in [0, 0.1) is 5.82 Å². The van der Waals surface area contributed by atoms with E-state index < -0.39 is 0 Å². The number of hydrogen-bond acceptors (Lipinski definition) is 3. The molecule has 0 unspecified atom stereocenters. The fourth-order valence-corrected chi connectivity index (χ4v) is 1.49. The Hall–Kier alpha value is -1.13. The van der Waals surface area contributed by atoms with Crippen molar-refractivity contribution in [2.75, 3.05) is 13.2 Å². The molecule has 0 radical (unpaired) electrons. The van der Waals surface area contributed by atoms with Gasteiger partial charge in [-0.25, -0.2) is 4.39 Å². The number of nitrogens with two attached hydrogens (primary N) is 1. The van der Waals surface area contributed by atoms with Crippen molar-refractivity contribution in [3.8, 4) is 5.75 Å². The molecule has 0 aliphatic rings. The number of benzene rings is 1. The lowest BCUT2D eigenvalue weighted by molar-refractivity contribution is 0.261. The van der Waals surface area contributed by atoms with Gasteiger partial charge in [0.15, 0.2) is 11.6 Å². The summed E-state index contributed by atoms with van der Waals surface area (Å²) in [6.07, 6.45) is 2.46. The van der Waals surface area contributed by atoms with Gasteiger partial charge in [-0.3, -0.25) is 0 Å². The topological polar surface area (TPSA) is 55.5 Å². The summed E-state index contributed by atoms with van der Waals surface area (Å²) in [4.78, 5) is 0. The predicted molar refractivity (Wildman–Crippen MR) is 65.4 cm³/mol. The monoisotopic (exact) mass is 241 g/mol. The average Bonchev–Trinajstić information content (AvgIpc) is 2.30. The standard InChI is InChI=1S/C13H20FNO2/c1-10(15)11-5-6-13(12(14)9-11)17-8-4-2-3-7-16/h5-6,9-10,16H,2-4,7-8,15H2,1H3/t10-/m0/s1. The second-order valence-electron chi connectivity index (χ2n) is 4.11. The molecule has 0 bridgehead atoms. The number of halogens is 1. The molecule has 0 amide bonds. The maximum atomic E-state index is 13.6. The highest BCUT2D eigenvalue weighted by Crippen LogP contribution is 2.21. The van der Waals surface area contributed by atoms with E-state index in [4.69, 9.17) is 15.6 Å². The van der Waals surface area contributed by atoms with Crippen LogP contribution < -0.4 is 10.5 Å². The first-order valence-corrected chi connectivity index (χ1v) is 5.94. The molecule has 17 heavy (non-hydrogen) atoms. The van der Waals surface area contributed by atoms with Crippen molar-refractivity contribution in [1.29, 1.82) is 0 Å². The Morgan fingerprint density at radius 3 is 2.71 bits per heavy atom. The van der Waals surface area contributed by atoms with E-state index in [1.165, 1.54) is 6.07 Å². The fourth-order valence-electron chi connectivity index (χ4n) is 1.49. The van der Waals surface area contributed by atoms with Gasteiger partial charge < -0.3 is 15.6 Å². The zero-order valence-electron chi connectivity index (χ0n) is 10.2. The highest BCUT2D eigenvalue weighted by Gasteiger charge is 2.06. The Morgan fingerprint density at radius 2 is 2.12 bits per heavy atom. The molecule has 4 heteroatoms. The second kappa shape index (κ2) is 7.25. The van der Waals surface area contributed by atoms with Gasteiger partial charge in [0.05, 0.1) is 6.61 Å². The second-order valence-corrected chi connectivity index (χ2v) is 4.11. The molecule has 0 aliphatic heterocycles. The summed E-state index contributed by atoms with van der Waals surface area (Å²) in [5.41, 5.74) is 6.42. The van der Waals surface area contributed by atoms with Crippen LogP contribution in [0.1, 0.15) is 37.8 Å². The molecule has 3 nitrogen and oxygen atoms in total. The summed E-state index contributed by atoms with van der Waals surface area (Å²) >= 11 is 0. The highest BCUT2D eigenvalue weighted by atomic mass is 19.1. The van der Waals surface area contributed by atoms with Crippen molar-refractivity contribution in [3.63, 3.8) is 0 Å². The minimum atomic E-state index is -0.373. The minimum absolute atomic E-state index is 0.178. The number of aliphatic hydroxyl groups excluding tert-OH is 1. The number of aliphatic hydroxyl groups is 1. The van der Waals surface area contributed by atoms with E-state index in [1.807, 2.05) is 6.92 Å². The summed E-state index contributed by atoms with van der Waals surface area (Å²) in [7, 11) is 0. The molecule has 1 rings (SSSR count). The molecule has 0 saturated heterocycles. The largest absolute Gasteiger partial charge is 0.491 e. The Labute approximate surface area is 101 Å². The minimum Gasteiger partial charge on any atom is -0.491 e. The molecular weight excluding hydrogens is 221 g/mol. The molecular formula is C13H20FNO2. The average molecular weight is 241 g/mol. The molecule has 0 saturated carbocycles. The number of unbranched alkanes of at least 4 members (excludes halogenated alkanes) is 2. The zero-order chi connectivity index (χ0) is 12.7. The van der Waals surface area contributed by atoms with Crippen molar-refractivity contribution >= 4 is 0 Å². The molecule has 0 fully saturated rings. The molecule has 1 aromatic carbocycles. The van der Waals surface area contributed by atoms with E-state index in [1.54, 1.807) is 12.1 Å². The van der Waals surface area contributed by atoms with E-state index in [9.17, 15) is 4.39 Å². The fraction of sp³-hybridized carbons (Fsp3) is 0.538. The zero-order valence-corrected chi connectivity index (χ0v) is 10.2. The normalized spacial score (nSPS) is 12.5. The molecule has 1 atom stereocenters. The van der Waals surface area contributed by atoms with Crippen LogP contribution in [-0.2, 0) is 0 Å². The number of rotatable bonds is 7. The quantitative estimate of drug-likeness (QED) is 0.721. The van der Waals surface area contributed by atoms with E-state index >= 15 is 0 Å². The summed E-state index contributed by atoms with van der Waals surface area (Å²) in [5.74, 6) is -0.111. The Balaban J connectivity index is 2.43. The SMILES string of the molecule is C[C@H](N)c1ccc(OCCCCCO)c(F)c1. The molecule has 0 aromatic heterocycles. The predicted octanol–water partition coefficient (Wildman–Crippen LogP) is 2.39. The Morgan fingerprint density at radius 1 is 1.35 bits per heavy atom. The number of hydrogen-bond donors (Lipinski definition) is 2. The van der Waals surface area contributed by atoms with Gasteiger partial charge in [0, 0.05) is 12.6 Å². The lowest BCUT2D eigenvalue weighted by atomic mass is 10.1. The van der Waals surface area contributed by atoms with Gasteiger partial charge in [0.1, 0.15) is 0 Å². The van der Waals surface area contributed by atoms with E-state index in [-0.39, 0.29) is 24.2 Å². The van der Waals surface area contributed by atoms with Crippen LogP contribution in [0.4, 0.5) is 4.39 Å². The smallest absolute Gasteiger partial charge is 0.165 e. The van der Waals surface area contributed by atoms with Gasteiger partial charge in [-0.15, -0.1) is 0 Å².